The first-order valence-corrected chi connectivity index (χ1v) is 11.0. The Morgan fingerprint density at radius 1 is 1.15 bits per heavy atom. The quantitative estimate of drug-likeness (QED) is 0.166. The number of aryl methyl sites for hydroxylation is 1. The summed E-state index contributed by atoms with van der Waals surface area (Å²) in [4.78, 5) is 10.4. The van der Waals surface area contributed by atoms with Crippen LogP contribution in [0.4, 0.5) is 17.6 Å². The van der Waals surface area contributed by atoms with Gasteiger partial charge in [0.05, 0.1) is 23.9 Å². The topological polar surface area (TPSA) is 98.0 Å². The highest BCUT2D eigenvalue weighted by Gasteiger charge is 2.39. The van der Waals surface area contributed by atoms with Crippen LogP contribution in [0.1, 0.15) is 49.7 Å². The maximum atomic E-state index is 13.5. The van der Waals surface area contributed by atoms with Gasteiger partial charge in [0.2, 0.25) is 0 Å². The van der Waals surface area contributed by atoms with Crippen molar-refractivity contribution >= 4 is 5.97 Å². The first kappa shape index (κ1) is 27.0. The lowest BCUT2D eigenvalue weighted by atomic mass is 9.88. The molecular formula is C24H30F4O5. The monoisotopic (exact) mass is 474 g/mol. The van der Waals surface area contributed by atoms with Crippen molar-refractivity contribution in [2.75, 3.05) is 0 Å². The molecule has 33 heavy (non-hydrogen) atoms. The number of halogens is 4. The molecule has 0 radical (unpaired) electrons. The number of alkyl halides is 3. The first-order valence-electron chi connectivity index (χ1n) is 11.0. The van der Waals surface area contributed by atoms with Crippen molar-refractivity contribution in [3.05, 3.63) is 59.4 Å². The van der Waals surface area contributed by atoms with Crippen molar-refractivity contribution in [1.82, 2.24) is 0 Å². The molecule has 3 unspecified atom stereocenters. The highest BCUT2D eigenvalue weighted by atomic mass is 19.4. The fourth-order valence-corrected chi connectivity index (χ4v) is 4.23. The highest BCUT2D eigenvalue weighted by Crippen LogP contribution is 2.37. The summed E-state index contributed by atoms with van der Waals surface area (Å²) in [6, 6.07) is 2.29. The van der Waals surface area contributed by atoms with E-state index in [1.54, 1.807) is 12.2 Å². The summed E-state index contributed by atoms with van der Waals surface area (Å²) in [5.74, 6) is -2.60. The Morgan fingerprint density at radius 2 is 1.88 bits per heavy atom. The lowest BCUT2D eigenvalue weighted by Gasteiger charge is -2.21. The number of hydrogen-bond donors (Lipinski definition) is 4. The minimum Gasteiger partial charge on any atom is -0.478 e. The van der Waals surface area contributed by atoms with E-state index in [-0.39, 0.29) is 36.7 Å². The zero-order valence-corrected chi connectivity index (χ0v) is 18.1. The number of rotatable bonds is 11. The van der Waals surface area contributed by atoms with E-state index in [0.717, 1.165) is 31.1 Å². The van der Waals surface area contributed by atoms with Gasteiger partial charge in [0.25, 0.3) is 0 Å². The Hall–Kier alpha value is -2.23. The molecule has 1 aromatic carbocycles. The van der Waals surface area contributed by atoms with Gasteiger partial charge in [-0.05, 0) is 61.8 Å². The molecule has 1 aromatic rings. The van der Waals surface area contributed by atoms with Gasteiger partial charge in [-0.2, -0.15) is 13.2 Å². The number of aliphatic hydroxyl groups is 3. The van der Waals surface area contributed by atoms with Gasteiger partial charge < -0.3 is 20.4 Å². The Morgan fingerprint density at radius 3 is 2.55 bits per heavy atom. The van der Waals surface area contributed by atoms with Crippen LogP contribution in [0.5, 0.6) is 0 Å². The molecule has 0 aromatic heterocycles. The largest absolute Gasteiger partial charge is 0.478 e. The number of unbranched alkanes of at least 4 members (excludes halogenated alkanes) is 2. The van der Waals surface area contributed by atoms with Crippen LogP contribution >= 0.6 is 0 Å². The van der Waals surface area contributed by atoms with E-state index in [2.05, 4.69) is 0 Å². The molecule has 0 bridgehead atoms. The van der Waals surface area contributed by atoms with Gasteiger partial charge in [0.15, 0.2) is 0 Å². The Labute approximate surface area is 190 Å². The second-order valence-corrected chi connectivity index (χ2v) is 8.47. The number of carboxylic acid groups (broad SMARTS) is 1. The normalized spacial score (nSPS) is 24.7. The molecule has 0 aliphatic heterocycles. The van der Waals surface area contributed by atoms with Crippen LogP contribution in [-0.4, -0.2) is 44.7 Å². The lowest BCUT2D eigenvalue weighted by Crippen LogP contribution is -2.21. The van der Waals surface area contributed by atoms with Crippen molar-refractivity contribution < 1.29 is 42.8 Å². The first-order chi connectivity index (χ1) is 15.5. The average molecular weight is 474 g/mol. The van der Waals surface area contributed by atoms with Gasteiger partial charge in [0.1, 0.15) is 5.82 Å². The molecule has 0 spiro atoms. The number of hydrogen-bond acceptors (Lipinski definition) is 4. The molecule has 0 amide bonds. The summed E-state index contributed by atoms with van der Waals surface area (Å²) in [5.41, 5.74) is -0.951. The van der Waals surface area contributed by atoms with Crippen molar-refractivity contribution in [2.24, 2.45) is 11.8 Å². The van der Waals surface area contributed by atoms with Crippen LogP contribution in [0.15, 0.2) is 42.5 Å². The summed E-state index contributed by atoms with van der Waals surface area (Å²) >= 11 is 0. The van der Waals surface area contributed by atoms with Gasteiger partial charge in [-0.1, -0.05) is 24.6 Å². The third-order valence-electron chi connectivity index (χ3n) is 5.90. The third kappa shape index (κ3) is 8.91. The number of allylic oxidation sites excluding steroid dienone is 1. The molecule has 0 heterocycles. The zero-order valence-electron chi connectivity index (χ0n) is 18.1. The zero-order chi connectivity index (χ0) is 24.6. The van der Waals surface area contributed by atoms with Crippen LogP contribution in [0.25, 0.3) is 0 Å². The molecule has 9 heteroatoms. The molecule has 184 valence electrons. The molecule has 1 fully saturated rings. The van der Waals surface area contributed by atoms with Gasteiger partial charge in [-0.15, -0.1) is 0 Å². The fraction of sp³-hybridized carbons (Fsp3) is 0.542. The Kier molecular flexibility index (Phi) is 10.1. The van der Waals surface area contributed by atoms with E-state index >= 15 is 0 Å². The summed E-state index contributed by atoms with van der Waals surface area (Å²) < 4.78 is 52.0. The molecule has 4 N–H and O–H groups in total. The SMILES string of the molecule is O=C(O)/C=C/CCCCC1C(/C=C/C(O)CCc2cc(F)cc(C(F)(F)F)c2)[C@@H](O)C[C@@H]1O. The molecule has 1 saturated carbocycles. The minimum atomic E-state index is -4.66. The number of carboxylic acids is 1. The summed E-state index contributed by atoms with van der Waals surface area (Å²) in [7, 11) is 0. The average Bonchev–Trinajstić information content (AvgIpc) is 2.98. The predicted octanol–water partition coefficient (Wildman–Crippen LogP) is 4.25. The van der Waals surface area contributed by atoms with E-state index in [1.165, 1.54) is 6.08 Å². The van der Waals surface area contributed by atoms with E-state index in [9.17, 15) is 37.7 Å². The smallest absolute Gasteiger partial charge is 0.416 e. The van der Waals surface area contributed by atoms with Crippen LogP contribution in [0, 0.1) is 17.7 Å². The number of aliphatic hydroxyl groups excluding tert-OH is 3. The molecule has 1 aliphatic rings. The number of aliphatic carboxylic acids is 1. The second kappa shape index (κ2) is 12.3. The Balaban J connectivity index is 1.89. The molecule has 0 saturated heterocycles. The summed E-state index contributed by atoms with van der Waals surface area (Å²) in [6.07, 6.45) is 1.57. The van der Waals surface area contributed by atoms with Crippen molar-refractivity contribution in [1.29, 1.82) is 0 Å². The van der Waals surface area contributed by atoms with E-state index in [0.29, 0.717) is 18.9 Å². The van der Waals surface area contributed by atoms with Crippen LogP contribution in [-0.2, 0) is 17.4 Å². The minimum absolute atomic E-state index is 0.0372. The summed E-state index contributed by atoms with van der Waals surface area (Å²) in [6.45, 7) is 0. The van der Waals surface area contributed by atoms with E-state index < -0.39 is 41.8 Å². The van der Waals surface area contributed by atoms with Crippen LogP contribution < -0.4 is 0 Å². The van der Waals surface area contributed by atoms with Gasteiger partial charge in [-0.3, -0.25) is 0 Å². The molecule has 2 rings (SSSR count). The third-order valence-corrected chi connectivity index (χ3v) is 5.90. The standard InChI is InChI=1S/C24H30F4O5/c25-17-12-15(11-16(13-17)24(26,27)28)7-8-18(29)9-10-20-19(21(30)14-22(20)31)5-3-1-2-4-6-23(32)33/h4,6,9-13,18-22,29-31H,1-3,5,7-8,14H2,(H,32,33)/b6-4+,10-9+/t18?,19?,20?,21-,22-/m0/s1. The fourth-order valence-electron chi connectivity index (χ4n) is 4.23. The van der Waals surface area contributed by atoms with Crippen molar-refractivity contribution in [2.45, 2.75) is 69.4 Å². The molecule has 5 nitrogen and oxygen atoms in total. The molecular weight excluding hydrogens is 444 g/mol. The molecule has 5 atom stereocenters. The highest BCUT2D eigenvalue weighted by molar-refractivity contribution is 5.79. The number of carbonyl (C=O) groups is 1. The maximum absolute atomic E-state index is 13.5. The summed E-state index contributed by atoms with van der Waals surface area (Å²) in [5, 5.41) is 39.3. The Bertz CT molecular complexity index is 837. The van der Waals surface area contributed by atoms with Crippen molar-refractivity contribution in [3.8, 4) is 0 Å². The second-order valence-electron chi connectivity index (χ2n) is 8.47. The van der Waals surface area contributed by atoms with E-state index in [1.807, 2.05) is 0 Å². The van der Waals surface area contributed by atoms with Gasteiger partial charge in [0, 0.05) is 18.4 Å². The lowest BCUT2D eigenvalue weighted by molar-refractivity contribution is -0.138. The van der Waals surface area contributed by atoms with Crippen molar-refractivity contribution in [3.63, 3.8) is 0 Å². The van der Waals surface area contributed by atoms with Crippen LogP contribution in [0.2, 0.25) is 0 Å². The van der Waals surface area contributed by atoms with Gasteiger partial charge >= 0.3 is 12.1 Å². The predicted molar refractivity (Wildman–Crippen MR) is 114 cm³/mol. The van der Waals surface area contributed by atoms with E-state index in [4.69, 9.17) is 5.11 Å². The van der Waals surface area contributed by atoms with Crippen LogP contribution in [0.3, 0.4) is 0 Å². The van der Waals surface area contributed by atoms with Gasteiger partial charge in [-0.25, -0.2) is 9.18 Å². The number of benzene rings is 1. The molecule has 1 aliphatic carbocycles. The maximum Gasteiger partial charge on any atom is 0.416 e.